The van der Waals surface area contributed by atoms with Crippen molar-refractivity contribution in [2.24, 2.45) is 0 Å². The molecular weight excluding hydrogens is 188 g/mol. The van der Waals surface area contributed by atoms with Crippen molar-refractivity contribution in [3.05, 3.63) is 24.3 Å². The maximum absolute atomic E-state index is 5.69. The second-order valence-corrected chi connectivity index (χ2v) is 4.54. The van der Waals surface area contributed by atoms with E-state index in [2.05, 4.69) is 17.0 Å². The van der Waals surface area contributed by atoms with Crippen LogP contribution in [0.15, 0.2) is 24.3 Å². The van der Waals surface area contributed by atoms with Gasteiger partial charge < -0.3 is 15.4 Å². The third-order valence-electron chi connectivity index (χ3n) is 3.54. The molecule has 0 aliphatic carbocycles. The molecule has 1 aromatic carbocycles. The third-order valence-corrected chi connectivity index (χ3v) is 3.54. The standard InChI is InChI=1S/C12H16N2O/c13-10-1-3-11(4-2-10)14-7-5-12(9-14)6-8-15-12/h1-4H,5-9,13H2/t12-/m1/s1. The molecule has 80 valence electrons. The van der Waals surface area contributed by atoms with Gasteiger partial charge in [0.1, 0.15) is 0 Å². The van der Waals surface area contributed by atoms with E-state index in [-0.39, 0.29) is 5.60 Å². The third kappa shape index (κ3) is 1.47. The number of nitrogen functional groups attached to an aromatic ring is 1. The van der Waals surface area contributed by atoms with Crippen LogP contribution in [-0.4, -0.2) is 25.3 Å². The van der Waals surface area contributed by atoms with Gasteiger partial charge in [-0.05, 0) is 30.7 Å². The van der Waals surface area contributed by atoms with Crippen molar-refractivity contribution in [2.75, 3.05) is 30.3 Å². The molecule has 2 fully saturated rings. The number of rotatable bonds is 1. The van der Waals surface area contributed by atoms with Crippen LogP contribution in [0.1, 0.15) is 12.8 Å². The maximum Gasteiger partial charge on any atom is 0.0895 e. The summed E-state index contributed by atoms with van der Waals surface area (Å²) in [6, 6.07) is 8.10. The highest BCUT2D eigenvalue weighted by atomic mass is 16.5. The van der Waals surface area contributed by atoms with Crippen LogP contribution in [0.5, 0.6) is 0 Å². The van der Waals surface area contributed by atoms with Gasteiger partial charge in [-0.1, -0.05) is 0 Å². The molecule has 3 heteroatoms. The lowest BCUT2D eigenvalue weighted by Gasteiger charge is -2.38. The zero-order valence-corrected chi connectivity index (χ0v) is 8.78. The molecule has 0 amide bonds. The zero-order valence-electron chi connectivity index (χ0n) is 8.78. The van der Waals surface area contributed by atoms with Gasteiger partial charge in [0.2, 0.25) is 0 Å². The molecule has 0 unspecified atom stereocenters. The lowest BCUT2D eigenvalue weighted by Crippen LogP contribution is -2.45. The summed E-state index contributed by atoms with van der Waals surface area (Å²) in [4.78, 5) is 2.39. The van der Waals surface area contributed by atoms with Crippen molar-refractivity contribution in [1.29, 1.82) is 0 Å². The number of anilines is 2. The monoisotopic (exact) mass is 204 g/mol. The molecule has 0 bridgehead atoms. The van der Waals surface area contributed by atoms with Crippen LogP contribution in [-0.2, 0) is 4.74 Å². The minimum Gasteiger partial charge on any atom is -0.399 e. The van der Waals surface area contributed by atoms with E-state index in [1.807, 2.05) is 12.1 Å². The van der Waals surface area contributed by atoms with Crippen molar-refractivity contribution >= 4 is 11.4 Å². The minimum atomic E-state index is 0.182. The molecule has 2 heterocycles. The molecule has 3 rings (SSSR count). The fourth-order valence-corrected chi connectivity index (χ4v) is 2.46. The smallest absolute Gasteiger partial charge is 0.0895 e. The maximum atomic E-state index is 5.69. The lowest BCUT2D eigenvalue weighted by molar-refractivity contribution is -0.130. The van der Waals surface area contributed by atoms with Crippen LogP contribution in [0.2, 0.25) is 0 Å². The SMILES string of the molecule is Nc1ccc(N2CC[C@@]3(CCO3)C2)cc1. The number of nitrogens with zero attached hydrogens (tertiary/aromatic N) is 1. The van der Waals surface area contributed by atoms with E-state index in [0.717, 1.165) is 31.8 Å². The first-order chi connectivity index (χ1) is 7.27. The van der Waals surface area contributed by atoms with Crippen LogP contribution in [0.3, 0.4) is 0 Å². The minimum absolute atomic E-state index is 0.182. The predicted molar refractivity (Wildman–Crippen MR) is 61.0 cm³/mol. The molecule has 1 aromatic rings. The Labute approximate surface area is 89.8 Å². The second-order valence-electron chi connectivity index (χ2n) is 4.54. The van der Waals surface area contributed by atoms with E-state index in [9.17, 15) is 0 Å². The fourth-order valence-electron chi connectivity index (χ4n) is 2.46. The normalized spacial score (nSPS) is 29.5. The molecule has 2 aliphatic heterocycles. The Morgan fingerprint density at radius 2 is 1.93 bits per heavy atom. The largest absolute Gasteiger partial charge is 0.399 e. The van der Waals surface area contributed by atoms with Crippen molar-refractivity contribution < 1.29 is 4.74 Å². The van der Waals surface area contributed by atoms with Crippen LogP contribution in [0.4, 0.5) is 11.4 Å². The molecule has 0 saturated carbocycles. The molecule has 0 radical (unpaired) electrons. The molecule has 1 atom stereocenters. The molecule has 0 aromatic heterocycles. The molecule has 2 N–H and O–H groups in total. The number of ether oxygens (including phenoxy) is 1. The van der Waals surface area contributed by atoms with Crippen LogP contribution >= 0.6 is 0 Å². The summed E-state index contributed by atoms with van der Waals surface area (Å²) in [5.74, 6) is 0. The highest BCUT2D eigenvalue weighted by Gasteiger charge is 2.44. The summed E-state index contributed by atoms with van der Waals surface area (Å²) >= 11 is 0. The second kappa shape index (κ2) is 3.14. The molecule has 2 saturated heterocycles. The van der Waals surface area contributed by atoms with Crippen molar-refractivity contribution in [2.45, 2.75) is 18.4 Å². The fraction of sp³-hybridized carbons (Fsp3) is 0.500. The number of nitrogens with two attached hydrogens (primary N) is 1. The van der Waals surface area contributed by atoms with Gasteiger partial charge in [-0.15, -0.1) is 0 Å². The van der Waals surface area contributed by atoms with Crippen LogP contribution in [0.25, 0.3) is 0 Å². The average molecular weight is 204 g/mol. The lowest BCUT2D eigenvalue weighted by atomic mass is 9.94. The molecular formula is C12H16N2O. The first kappa shape index (κ1) is 9.04. The van der Waals surface area contributed by atoms with Crippen LogP contribution < -0.4 is 10.6 Å². The zero-order chi connectivity index (χ0) is 10.3. The Morgan fingerprint density at radius 3 is 2.47 bits per heavy atom. The summed E-state index contributed by atoms with van der Waals surface area (Å²) in [7, 11) is 0. The van der Waals surface area contributed by atoms with Gasteiger partial charge in [0, 0.05) is 30.9 Å². The first-order valence-corrected chi connectivity index (χ1v) is 5.52. The molecule has 15 heavy (non-hydrogen) atoms. The first-order valence-electron chi connectivity index (χ1n) is 5.52. The van der Waals surface area contributed by atoms with E-state index in [0.29, 0.717) is 0 Å². The Bertz CT molecular complexity index is 356. The predicted octanol–water partition coefficient (Wildman–Crippen LogP) is 1.64. The Morgan fingerprint density at radius 1 is 1.20 bits per heavy atom. The van der Waals surface area contributed by atoms with Gasteiger partial charge in [-0.25, -0.2) is 0 Å². The Kier molecular flexibility index (Phi) is 1.89. The van der Waals surface area contributed by atoms with Crippen molar-refractivity contribution in [3.63, 3.8) is 0 Å². The van der Waals surface area contributed by atoms with Gasteiger partial charge >= 0.3 is 0 Å². The number of hydrogen-bond acceptors (Lipinski definition) is 3. The molecule has 1 spiro atoms. The van der Waals surface area contributed by atoms with Gasteiger partial charge in [0.15, 0.2) is 0 Å². The summed E-state index contributed by atoms with van der Waals surface area (Å²) in [6.45, 7) is 3.08. The quantitative estimate of drug-likeness (QED) is 0.707. The van der Waals surface area contributed by atoms with Crippen molar-refractivity contribution in [3.8, 4) is 0 Å². The highest BCUT2D eigenvalue weighted by molar-refractivity contribution is 5.54. The van der Waals surface area contributed by atoms with E-state index in [1.54, 1.807) is 0 Å². The van der Waals surface area contributed by atoms with Crippen LogP contribution in [0, 0.1) is 0 Å². The van der Waals surface area contributed by atoms with Gasteiger partial charge in [0.25, 0.3) is 0 Å². The Balaban J connectivity index is 1.76. The summed E-state index contributed by atoms with van der Waals surface area (Å²) in [5, 5.41) is 0. The highest BCUT2D eigenvalue weighted by Crippen LogP contribution is 2.37. The number of hydrogen-bond donors (Lipinski definition) is 1. The number of benzene rings is 1. The summed E-state index contributed by atoms with van der Waals surface area (Å²) in [6.07, 6.45) is 2.38. The van der Waals surface area contributed by atoms with E-state index >= 15 is 0 Å². The van der Waals surface area contributed by atoms with Gasteiger partial charge in [-0.2, -0.15) is 0 Å². The summed E-state index contributed by atoms with van der Waals surface area (Å²) < 4.78 is 5.69. The summed E-state index contributed by atoms with van der Waals surface area (Å²) in [5.41, 5.74) is 7.94. The van der Waals surface area contributed by atoms with E-state index in [4.69, 9.17) is 10.5 Å². The molecule has 3 nitrogen and oxygen atoms in total. The van der Waals surface area contributed by atoms with Gasteiger partial charge in [0.05, 0.1) is 12.2 Å². The molecule has 2 aliphatic rings. The van der Waals surface area contributed by atoms with E-state index < -0.39 is 0 Å². The topological polar surface area (TPSA) is 38.5 Å². The Hall–Kier alpha value is -1.22. The van der Waals surface area contributed by atoms with E-state index in [1.165, 1.54) is 12.1 Å². The average Bonchev–Trinajstić information content (AvgIpc) is 2.63. The van der Waals surface area contributed by atoms with Gasteiger partial charge in [-0.3, -0.25) is 0 Å². The van der Waals surface area contributed by atoms with Crippen molar-refractivity contribution in [1.82, 2.24) is 0 Å².